The molecule has 0 radical (unpaired) electrons. The molecule has 1 atom stereocenters. The van der Waals surface area contributed by atoms with Gasteiger partial charge < -0.3 is 19.5 Å². The van der Waals surface area contributed by atoms with Crippen molar-refractivity contribution < 1.29 is 19.0 Å². The number of hydrogen-bond acceptors (Lipinski definition) is 5. The number of carbonyl (C=O) groups is 1. The molecule has 0 aliphatic heterocycles. The molecule has 0 amide bonds. The van der Waals surface area contributed by atoms with Gasteiger partial charge in [0.05, 0.1) is 13.5 Å². The number of rotatable bonds is 9. The fraction of sp³-hybridized carbons (Fsp3) is 0.909. The number of carbonyl (C=O) groups excluding carboxylic acids is 1. The smallest absolute Gasteiger partial charge is 0.307 e. The van der Waals surface area contributed by atoms with Crippen molar-refractivity contribution in [3.8, 4) is 0 Å². The van der Waals surface area contributed by atoms with Gasteiger partial charge in [-0.2, -0.15) is 0 Å². The average molecular weight is 233 g/mol. The zero-order valence-electron chi connectivity index (χ0n) is 10.6. The van der Waals surface area contributed by atoms with Crippen LogP contribution in [-0.2, 0) is 19.0 Å². The van der Waals surface area contributed by atoms with Crippen molar-refractivity contribution in [3.05, 3.63) is 0 Å². The van der Waals surface area contributed by atoms with E-state index < -0.39 is 0 Å². The maximum Gasteiger partial charge on any atom is 0.307 e. The third-order valence-electron chi connectivity index (χ3n) is 2.04. The first kappa shape index (κ1) is 15.3. The van der Waals surface area contributed by atoms with Gasteiger partial charge in [0, 0.05) is 25.8 Å². The molecule has 5 nitrogen and oxygen atoms in total. The Kier molecular flexibility index (Phi) is 9.18. The van der Waals surface area contributed by atoms with E-state index in [1.165, 1.54) is 7.11 Å². The van der Waals surface area contributed by atoms with E-state index in [0.29, 0.717) is 26.2 Å². The van der Waals surface area contributed by atoms with Crippen LogP contribution in [0.2, 0.25) is 0 Å². The van der Waals surface area contributed by atoms with Crippen LogP contribution in [0.15, 0.2) is 0 Å². The van der Waals surface area contributed by atoms with Crippen molar-refractivity contribution in [2.24, 2.45) is 0 Å². The largest absolute Gasteiger partial charge is 0.469 e. The summed E-state index contributed by atoms with van der Waals surface area (Å²) in [5.41, 5.74) is 0. The van der Waals surface area contributed by atoms with Gasteiger partial charge >= 0.3 is 5.97 Å². The van der Waals surface area contributed by atoms with E-state index in [9.17, 15) is 4.79 Å². The van der Waals surface area contributed by atoms with E-state index in [1.54, 1.807) is 0 Å². The molecular weight excluding hydrogens is 210 g/mol. The van der Waals surface area contributed by atoms with Gasteiger partial charge in [-0.3, -0.25) is 4.79 Å². The highest BCUT2D eigenvalue weighted by atomic mass is 16.7. The number of methoxy groups -OCH3 is 1. The van der Waals surface area contributed by atoms with Crippen LogP contribution in [0.25, 0.3) is 0 Å². The topological polar surface area (TPSA) is 56.8 Å². The maximum absolute atomic E-state index is 11.0. The fourth-order valence-corrected chi connectivity index (χ4v) is 1.24. The third kappa shape index (κ3) is 7.62. The van der Waals surface area contributed by atoms with Gasteiger partial charge in [0.2, 0.25) is 0 Å². The molecule has 0 spiro atoms. The standard InChI is InChI=1S/C11H23NO4/c1-5-15-11(16-6-2)8-12-9(3)7-10(13)14-4/h9,11-12H,5-8H2,1-4H3/t9-/m1/s1. The highest BCUT2D eigenvalue weighted by Crippen LogP contribution is 1.97. The predicted molar refractivity (Wildman–Crippen MR) is 61.1 cm³/mol. The summed E-state index contributed by atoms with van der Waals surface area (Å²) < 4.78 is 15.3. The second-order valence-corrected chi connectivity index (χ2v) is 3.43. The lowest BCUT2D eigenvalue weighted by Gasteiger charge is -2.20. The molecule has 0 aromatic carbocycles. The first-order valence-corrected chi connectivity index (χ1v) is 5.67. The van der Waals surface area contributed by atoms with Crippen molar-refractivity contribution in [1.29, 1.82) is 0 Å². The molecule has 0 fully saturated rings. The lowest BCUT2D eigenvalue weighted by Crippen LogP contribution is -2.37. The normalized spacial score (nSPS) is 12.8. The predicted octanol–water partition coefficient (Wildman–Crippen LogP) is 0.927. The molecule has 0 aromatic rings. The molecule has 0 aromatic heterocycles. The summed E-state index contributed by atoms with van der Waals surface area (Å²) in [4.78, 5) is 11.0. The van der Waals surface area contributed by atoms with Gasteiger partial charge in [0.1, 0.15) is 0 Å². The minimum Gasteiger partial charge on any atom is -0.469 e. The molecule has 0 saturated carbocycles. The van der Waals surface area contributed by atoms with Crippen LogP contribution in [0.3, 0.4) is 0 Å². The van der Waals surface area contributed by atoms with Crippen LogP contribution in [0.5, 0.6) is 0 Å². The van der Waals surface area contributed by atoms with Gasteiger partial charge in [-0.05, 0) is 20.8 Å². The summed E-state index contributed by atoms with van der Waals surface area (Å²) in [5.74, 6) is -0.218. The van der Waals surface area contributed by atoms with Crippen molar-refractivity contribution in [2.45, 2.75) is 39.5 Å². The van der Waals surface area contributed by atoms with Gasteiger partial charge in [0.15, 0.2) is 6.29 Å². The first-order valence-electron chi connectivity index (χ1n) is 5.67. The average Bonchev–Trinajstić information content (AvgIpc) is 2.26. The quantitative estimate of drug-likeness (QED) is 0.474. The summed E-state index contributed by atoms with van der Waals surface area (Å²) in [6.07, 6.45) is 0.0941. The van der Waals surface area contributed by atoms with Crippen LogP contribution in [0, 0.1) is 0 Å². The summed E-state index contributed by atoms with van der Waals surface area (Å²) in [6, 6.07) is 0.0517. The van der Waals surface area contributed by atoms with Crippen LogP contribution >= 0.6 is 0 Å². The molecule has 0 heterocycles. The van der Waals surface area contributed by atoms with Gasteiger partial charge in [-0.25, -0.2) is 0 Å². The van der Waals surface area contributed by atoms with E-state index in [-0.39, 0.29) is 18.3 Å². The molecule has 0 bridgehead atoms. The molecule has 5 heteroatoms. The zero-order valence-corrected chi connectivity index (χ0v) is 10.6. The fourth-order valence-electron chi connectivity index (χ4n) is 1.24. The summed E-state index contributed by atoms with van der Waals surface area (Å²) in [6.45, 7) is 7.55. The van der Waals surface area contributed by atoms with Crippen LogP contribution in [-0.4, -0.2) is 45.2 Å². The molecular formula is C11H23NO4. The highest BCUT2D eigenvalue weighted by Gasteiger charge is 2.12. The van der Waals surface area contributed by atoms with E-state index in [1.807, 2.05) is 20.8 Å². The summed E-state index contributed by atoms with van der Waals surface area (Å²) >= 11 is 0. The Labute approximate surface area is 97.4 Å². The zero-order chi connectivity index (χ0) is 12.4. The Morgan fingerprint density at radius 2 is 1.81 bits per heavy atom. The van der Waals surface area contributed by atoms with Gasteiger partial charge in [0.25, 0.3) is 0 Å². The highest BCUT2D eigenvalue weighted by molar-refractivity contribution is 5.69. The summed E-state index contributed by atoms with van der Waals surface area (Å²) in [7, 11) is 1.39. The minimum atomic E-state index is -0.255. The summed E-state index contributed by atoms with van der Waals surface area (Å²) in [5, 5.41) is 3.17. The molecule has 0 saturated heterocycles. The minimum absolute atomic E-state index is 0.0517. The lowest BCUT2D eigenvalue weighted by molar-refractivity contribution is -0.142. The Balaban J connectivity index is 3.76. The number of esters is 1. The number of ether oxygens (including phenoxy) is 3. The first-order chi connectivity index (χ1) is 7.63. The van der Waals surface area contributed by atoms with Crippen molar-refractivity contribution in [1.82, 2.24) is 5.32 Å². The third-order valence-corrected chi connectivity index (χ3v) is 2.04. The second kappa shape index (κ2) is 9.57. The molecule has 16 heavy (non-hydrogen) atoms. The molecule has 0 aliphatic rings. The number of nitrogens with one attached hydrogen (secondary N) is 1. The second-order valence-electron chi connectivity index (χ2n) is 3.43. The Morgan fingerprint density at radius 1 is 1.25 bits per heavy atom. The molecule has 0 aliphatic carbocycles. The molecule has 0 unspecified atom stereocenters. The van der Waals surface area contributed by atoms with Crippen LogP contribution < -0.4 is 5.32 Å². The lowest BCUT2D eigenvalue weighted by atomic mass is 10.2. The SMILES string of the molecule is CCOC(CN[C@H](C)CC(=O)OC)OCC. The van der Waals surface area contributed by atoms with Crippen molar-refractivity contribution >= 4 is 5.97 Å². The Bertz CT molecular complexity index is 181. The Morgan fingerprint density at radius 3 is 2.25 bits per heavy atom. The van der Waals surface area contributed by atoms with Crippen LogP contribution in [0.4, 0.5) is 0 Å². The van der Waals surface area contributed by atoms with E-state index in [0.717, 1.165) is 0 Å². The van der Waals surface area contributed by atoms with E-state index in [4.69, 9.17) is 9.47 Å². The molecule has 1 N–H and O–H groups in total. The Hall–Kier alpha value is -0.650. The van der Waals surface area contributed by atoms with E-state index >= 15 is 0 Å². The van der Waals surface area contributed by atoms with Crippen molar-refractivity contribution in [2.75, 3.05) is 26.9 Å². The molecule has 0 rings (SSSR count). The monoisotopic (exact) mass is 233 g/mol. The van der Waals surface area contributed by atoms with Crippen LogP contribution in [0.1, 0.15) is 27.2 Å². The maximum atomic E-state index is 11.0. The van der Waals surface area contributed by atoms with Crippen molar-refractivity contribution in [3.63, 3.8) is 0 Å². The molecule has 96 valence electrons. The van der Waals surface area contributed by atoms with E-state index in [2.05, 4.69) is 10.1 Å². The number of hydrogen-bond donors (Lipinski definition) is 1. The van der Waals surface area contributed by atoms with Gasteiger partial charge in [-0.1, -0.05) is 0 Å². The van der Waals surface area contributed by atoms with Gasteiger partial charge in [-0.15, -0.1) is 0 Å².